The van der Waals surface area contributed by atoms with Crippen molar-refractivity contribution in [1.82, 2.24) is 5.32 Å². The third-order valence-electron chi connectivity index (χ3n) is 5.52. The number of amides is 1. The maximum Gasteiger partial charge on any atom is 0.407 e. The molecular formula is C18H25NO3. The fourth-order valence-corrected chi connectivity index (χ4v) is 4.21. The number of carbonyl (C=O) groups excluding carboxylic acids is 1. The van der Waals surface area contributed by atoms with Crippen molar-refractivity contribution >= 4 is 6.09 Å². The van der Waals surface area contributed by atoms with E-state index in [-0.39, 0.29) is 18.6 Å². The number of nitrogens with one attached hydrogen (secondary N) is 1. The van der Waals surface area contributed by atoms with Crippen LogP contribution in [0, 0.1) is 17.3 Å². The molecule has 22 heavy (non-hydrogen) atoms. The van der Waals surface area contributed by atoms with Crippen LogP contribution < -0.4 is 5.32 Å². The molecule has 3 saturated carbocycles. The van der Waals surface area contributed by atoms with Crippen LogP contribution in [0.4, 0.5) is 4.79 Å². The molecule has 1 unspecified atom stereocenters. The summed E-state index contributed by atoms with van der Waals surface area (Å²) < 4.78 is 5.26. The van der Waals surface area contributed by atoms with Crippen LogP contribution in [-0.4, -0.2) is 24.4 Å². The highest BCUT2D eigenvalue weighted by molar-refractivity contribution is 5.67. The van der Waals surface area contributed by atoms with Crippen molar-refractivity contribution in [2.75, 3.05) is 13.2 Å². The molecule has 3 aliphatic rings. The van der Waals surface area contributed by atoms with E-state index >= 15 is 0 Å². The zero-order chi connectivity index (χ0) is 15.4. The second kappa shape index (κ2) is 6.69. The topological polar surface area (TPSA) is 58.6 Å². The van der Waals surface area contributed by atoms with Gasteiger partial charge in [0.25, 0.3) is 0 Å². The first-order valence-electron chi connectivity index (χ1n) is 8.27. The Labute approximate surface area is 131 Å². The van der Waals surface area contributed by atoms with Crippen molar-refractivity contribution in [3.8, 4) is 0 Å². The van der Waals surface area contributed by atoms with Crippen molar-refractivity contribution in [2.45, 2.75) is 38.7 Å². The zero-order valence-corrected chi connectivity index (χ0v) is 13.0. The van der Waals surface area contributed by atoms with Gasteiger partial charge in [-0.25, -0.2) is 4.79 Å². The van der Waals surface area contributed by atoms with E-state index in [4.69, 9.17) is 4.74 Å². The van der Waals surface area contributed by atoms with E-state index in [2.05, 4.69) is 5.32 Å². The number of alkyl carbamates (subject to hydrolysis) is 1. The average Bonchev–Trinajstić information content (AvgIpc) is 2.60. The third-order valence-corrected chi connectivity index (χ3v) is 5.52. The molecule has 0 aliphatic heterocycles. The highest BCUT2D eigenvalue weighted by Gasteiger charge is 2.47. The predicted octanol–water partition coefficient (Wildman–Crippen LogP) is 3.10. The van der Waals surface area contributed by atoms with Crippen LogP contribution in [0.1, 0.15) is 37.7 Å². The summed E-state index contributed by atoms with van der Waals surface area (Å²) in [6.45, 7) is 0.969. The Bertz CT molecular complexity index is 496. The van der Waals surface area contributed by atoms with Gasteiger partial charge in [-0.05, 0) is 36.7 Å². The van der Waals surface area contributed by atoms with E-state index in [1.54, 1.807) is 0 Å². The van der Waals surface area contributed by atoms with Crippen molar-refractivity contribution in [2.24, 2.45) is 17.3 Å². The molecule has 2 N–H and O–H groups in total. The molecule has 2 bridgehead atoms. The number of rotatable bonds is 5. The Balaban J connectivity index is 1.49. The van der Waals surface area contributed by atoms with Gasteiger partial charge in [-0.2, -0.15) is 0 Å². The standard InChI is InChI=1S/C18H25NO3/c20-13-18(10-14-6-8-16(18)9-7-14)12-19-17(21)22-11-15-4-2-1-3-5-15/h1-5,14,16,20H,6-13H2,(H,19,21). The highest BCUT2D eigenvalue weighted by Crippen LogP contribution is 2.52. The fraction of sp³-hybridized carbons (Fsp3) is 0.611. The van der Waals surface area contributed by atoms with Crippen LogP contribution in [0.3, 0.4) is 0 Å². The molecule has 4 heteroatoms. The minimum atomic E-state index is -0.391. The molecule has 4 nitrogen and oxygen atoms in total. The molecule has 1 atom stereocenters. The number of fused-ring (bicyclic) bond motifs is 3. The number of benzene rings is 1. The lowest BCUT2D eigenvalue weighted by molar-refractivity contribution is -0.0389. The van der Waals surface area contributed by atoms with Crippen LogP contribution in [0.2, 0.25) is 0 Å². The summed E-state index contributed by atoms with van der Waals surface area (Å²) in [6.07, 6.45) is 5.58. The van der Waals surface area contributed by atoms with Crippen LogP contribution in [0.5, 0.6) is 0 Å². The van der Waals surface area contributed by atoms with Crippen LogP contribution in [0.15, 0.2) is 30.3 Å². The third kappa shape index (κ3) is 3.27. The van der Waals surface area contributed by atoms with Gasteiger partial charge < -0.3 is 15.2 Å². The molecule has 4 rings (SSSR count). The number of carbonyl (C=O) groups is 1. The summed E-state index contributed by atoms with van der Waals surface area (Å²) in [5, 5.41) is 12.8. The van der Waals surface area contributed by atoms with Crippen LogP contribution in [-0.2, 0) is 11.3 Å². The van der Waals surface area contributed by atoms with Gasteiger partial charge in [0.1, 0.15) is 6.61 Å². The monoisotopic (exact) mass is 303 g/mol. The zero-order valence-electron chi connectivity index (χ0n) is 13.0. The van der Waals surface area contributed by atoms with Gasteiger partial charge in [-0.3, -0.25) is 0 Å². The van der Waals surface area contributed by atoms with E-state index in [1.165, 1.54) is 25.7 Å². The summed E-state index contributed by atoms with van der Waals surface area (Å²) in [6, 6.07) is 9.66. The van der Waals surface area contributed by atoms with E-state index < -0.39 is 6.09 Å². The minimum absolute atomic E-state index is 0.132. The Kier molecular flexibility index (Phi) is 4.67. The molecule has 120 valence electrons. The average molecular weight is 303 g/mol. The first-order chi connectivity index (χ1) is 10.7. The van der Waals surface area contributed by atoms with E-state index in [0.29, 0.717) is 12.5 Å². The molecule has 1 aromatic rings. The van der Waals surface area contributed by atoms with E-state index in [9.17, 15) is 9.90 Å². The molecule has 0 radical (unpaired) electrons. The molecule has 0 aromatic heterocycles. The lowest BCUT2D eigenvalue weighted by Crippen LogP contribution is -2.51. The Morgan fingerprint density at radius 1 is 1.23 bits per heavy atom. The second-order valence-electron chi connectivity index (χ2n) is 6.86. The normalized spacial score (nSPS) is 30.0. The molecular weight excluding hydrogens is 278 g/mol. The summed E-state index contributed by atoms with van der Waals surface area (Å²) in [5.41, 5.74) is 0.846. The van der Waals surface area contributed by atoms with Gasteiger partial charge in [-0.15, -0.1) is 0 Å². The van der Waals surface area contributed by atoms with Gasteiger partial charge >= 0.3 is 6.09 Å². The molecule has 0 saturated heterocycles. The maximum atomic E-state index is 11.9. The first-order valence-corrected chi connectivity index (χ1v) is 8.27. The maximum absolute atomic E-state index is 11.9. The number of ether oxygens (including phenoxy) is 1. The lowest BCUT2D eigenvalue weighted by atomic mass is 9.56. The molecule has 0 spiro atoms. The molecule has 1 aromatic carbocycles. The molecule has 0 heterocycles. The summed E-state index contributed by atoms with van der Waals surface area (Å²) in [7, 11) is 0. The van der Waals surface area contributed by atoms with Crippen molar-refractivity contribution in [3.63, 3.8) is 0 Å². The molecule has 1 amide bonds. The Hall–Kier alpha value is -1.55. The fourth-order valence-electron chi connectivity index (χ4n) is 4.21. The highest BCUT2D eigenvalue weighted by atomic mass is 16.5. The largest absolute Gasteiger partial charge is 0.445 e. The van der Waals surface area contributed by atoms with Gasteiger partial charge in [-0.1, -0.05) is 43.2 Å². The van der Waals surface area contributed by atoms with Crippen molar-refractivity contribution in [3.05, 3.63) is 35.9 Å². The van der Waals surface area contributed by atoms with Gasteiger partial charge in [0, 0.05) is 12.0 Å². The number of aliphatic hydroxyl groups excluding tert-OH is 1. The number of hydrogen-bond acceptors (Lipinski definition) is 3. The summed E-state index contributed by atoms with van der Waals surface area (Å²) in [5.74, 6) is 1.26. The Morgan fingerprint density at radius 2 is 1.95 bits per heavy atom. The predicted molar refractivity (Wildman–Crippen MR) is 84.2 cm³/mol. The van der Waals surface area contributed by atoms with Gasteiger partial charge in [0.15, 0.2) is 0 Å². The number of hydrogen-bond donors (Lipinski definition) is 2. The quantitative estimate of drug-likeness (QED) is 0.878. The molecule has 3 aliphatic carbocycles. The van der Waals surface area contributed by atoms with E-state index in [0.717, 1.165) is 17.9 Å². The van der Waals surface area contributed by atoms with Crippen LogP contribution >= 0.6 is 0 Å². The first kappa shape index (κ1) is 15.3. The summed E-state index contributed by atoms with van der Waals surface area (Å²) >= 11 is 0. The molecule has 3 fully saturated rings. The Morgan fingerprint density at radius 3 is 2.55 bits per heavy atom. The van der Waals surface area contributed by atoms with Crippen molar-refractivity contribution < 1.29 is 14.6 Å². The smallest absolute Gasteiger partial charge is 0.407 e. The van der Waals surface area contributed by atoms with Gasteiger partial charge in [0.2, 0.25) is 0 Å². The SMILES string of the molecule is O=C(NCC1(CO)CC2CCC1CC2)OCc1ccccc1. The summed E-state index contributed by atoms with van der Waals surface area (Å²) in [4.78, 5) is 11.9. The van der Waals surface area contributed by atoms with E-state index in [1.807, 2.05) is 30.3 Å². The van der Waals surface area contributed by atoms with Gasteiger partial charge in [0.05, 0.1) is 6.61 Å². The second-order valence-corrected chi connectivity index (χ2v) is 6.86. The number of aliphatic hydroxyl groups is 1. The van der Waals surface area contributed by atoms with Crippen LogP contribution in [0.25, 0.3) is 0 Å². The minimum Gasteiger partial charge on any atom is -0.445 e. The van der Waals surface area contributed by atoms with Crippen molar-refractivity contribution in [1.29, 1.82) is 0 Å². The lowest BCUT2D eigenvalue weighted by Gasteiger charge is -2.51.